The van der Waals surface area contributed by atoms with E-state index in [1.54, 1.807) is 0 Å². The molecule has 0 aromatic carbocycles. The normalized spacial score (nSPS) is 36.6. The zero-order chi connectivity index (χ0) is 28.2. The second kappa shape index (κ2) is 8.16. The van der Waals surface area contributed by atoms with Gasteiger partial charge in [0.25, 0.3) is 0 Å². The highest BCUT2D eigenvalue weighted by atomic mass is 16.5. The van der Waals surface area contributed by atoms with E-state index in [2.05, 4.69) is 106 Å². The largest absolute Gasteiger partial charge is 0.477 e. The lowest BCUT2D eigenvalue weighted by Gasteiger charge is -2.62. The molecule has 0 aromatic heterocycles. The Morgan fingerprint density at radius 1 is 0.865 bits per heavy atom. The summed E-state index contributed by atoms with van der Waals surface area (Å²) in [6.07, 6.45) is 3.30. The molecule has 6 nitrogen and oxygen atoms in total. The zero-order valence-electron chi connectivity index (χ0n) is 25.7. The maximum Gasteiger partial charge on any atom is 0.185 e. The first kappa shape index (κ1) is 28.8. The van der Waals surface area contributed by atoms with Crippen LogP contribution in [0.3, 0.4) is 0 Å². The highest BCUT2D eigenvalue weighted by Crippen LogP contribution is 2.53. The average Bonchev–Trinajstić information content (AvgIpc) is 2.66. The minimum atomic E-state index is -1.01. The van der Waals surface area contributed by atoms with Crippen molar-refractivity contribution in [2.45, 2.75) is 154 Å². The molecular weight excluding hydrogens is 460 g/mol. The highest BCUT2D eigenvalue weighted by molar-refractivity contribution is 5.94. The first-order chi connectivity index (χ1) is 16.5. The van der Waals surface area contributed by atoms with Crippen LogP contribution >= 0.6 is 0 Å². The topological polar surface area (TPSA) is 88.4 Å². The number of nitrogens with two attached hydrogens (primary N) is 1. The molecule has 2 saturated heterocycles. The number of carbonyl (C=O) groups is 1. The Morgan fingerprint density at radius 2 is 1.41 bits per heavy atom. The number of ether oxygens (including phenoxy) is 1. The molecule has 0 saturated carbocycles. The van der Waals surface area contributed by atoms with Crippen LogP contribution < -0.4 is 21.7 Å². The van der Waals surface area contributed by atoms with Gasteiger partial charge in [0.15, 0.2) is 11.4 Å². The van der Waals surface area contributed by atoms with E-state index in [4.69, 9.17) is 10.5 Å². The van der Waals surface area contributed by atoms with Crippen LogP contribution in [0.2, 0.25) is 0 Å². The Hall–Kier alpha value is -1.21. The molecule has 6 heteroatoms. The Kier molecular flexibility index (Phi) is 6.35. The smallest absolute Gasteiger partial charge is 0.185 e. The van der Waals surface area contributed by atoms with Crippen molar-refractivity contribution >= 4 is 5.78 Å². The Morgan fingerprint density at radius 3 is 1.95 bits per heavy atom. The van der Waals surface area contributed by atoms with Crippen LogP contribution in [-0.2, 0) is 9.53 Å². The van der Waals surface area contributed by atoms with Crippen molar-refractivity contribution in [2.75, 3.05) is 0 Å². The number of carbonyl (C=O) groups excluding carboxylic acids is 1. The molecule has 0 aliphatic carbocycles. The van der Waals surface area contributed by atoms with Gasteiger partial charge in [-0.1, -0.05) is 6.58 Å². The number of nitrogens with one attached hydrogen (secondary N) is 3. The van der Waals surface area contributed by atoms with Crippen LogP contribution in [0.25, 0.3) is 0 Å². The maximum absolute atomic E-state index is 14.9. The van der Waals surface area contributed by atoms with Crippen LogP contribution in [0.1, 0.15) is 109 Å². The molecule has 0 radical (unpaired) electrons. The van der Waals surface area contributed by atoms with E-state index in [9.17, 15) is 4.79 Å². The van der Waals surface area contributed by atoms with Crippen LogP contribution in [0.4, 0.5) is 0 Å². The SMILES string of the molecule is C=C1C2=C(CCC3(O2)C(=O)C(C(N)C2CC(C)(C)NC(C)(C)C2)C(C)(C)NC3(C)C)C(C)(C)NC1(C)C. The second-order valence-electron chi connectivity index (χ2n) is 16.0. The predicted octanol–water partition coefficient (Wildman–Crippen LogP) is 4.74. The third kappa shape index (κ3) is 4.54. The van der Waals surface area contributed by atoms with Gasteiger partial charge in [-0.05, 0) is 114 Å². The summed E-state index contributed by atoms with van der Waals surface area (Å²) in [4.78, 5) is 14.9. The molecule has 0 bridgehead atoms. The summed E-state index contributed by atoms with van der Waals surface area (Å²) in [5.41, 5.74) is 6.59. The molecule has 3 unspecified atom stereocenters. The molecule has 4 aliphatic heterocycles. The average molecular weight is 515 g/mol. The van der Waals surface area contributed by atoms with Crippen LogP contribution in [0.15, 0.2) is 23.5 Å². The maximum atomic E-state index is 14.9. The van der Waals surface area contributed by atoms with Gasteiger partial charge in [0, 0.05) is 45.7 Å². The van der Waals surface area contributed by atoms with Gasteiger partial charge in [-0.3, -0.25) is 10.1 Å². The predicted molar refractivity (Wildman–Crippen MR) is 152 cm³/mol. The van der Waals surface area contributed by atoms with E-state index >= 15 is 0 Å². The van der Waals surface area contributed by atoms with Crippen molar-refractivity contribution in [1.82, 2.24) is 16.0 Å². The first-order valence-electron chi connectivity index (χ1n) is 14.3. The van der Waals surface area contributed by atoms with Gasteiger partial charge < -0.3 is 21.1 Å². The van der Waals surface area contributed by atoms with Crippen molar-refractivity contribution < 1.29 is 9.53 Å². The van der Waals surface area contributed by atoms with Gasteiger partial charge in [0.05, 0.1) is 11.5 Å². The fourth-order valence-corrected chi connectivity index (χ4v) is 8.84. The summed E-state index contributed by atoms with van der Waals surface area (Å²) < 4.78 is 7.03. The molecule has 2 fully saturated rings. The van der Waals surface area contributed by atoms with Crippen LogP contribution in [-0.4, -0.2) is 50.7 Å². The lowest BCUT2D eigenvalue weighted by atomic mass is 9.57. The molecule has 37 heavy (non-hydrogen) atoms. The lowest BCUT2D eigenvalue weighted by Crippen LogP contribution is -2.80. The Labute approximate surface area is 226 Å². The van der Waals surface area contributed by atoms with E-state index in [0.717, 1.165) is 30.6 Å². The molecule has 4 aliphatic rings. The molecule has 4 rings (SSSR count). The summed E-state index contributed by atoms with van der Waals surface area (Å²) in [5.74, 6) is 0.828. The van der Waals surface area contributed by atoms with E-state index in [-0.39, 0.29) is 45.8 Å². The van der Waals surface area contributed by atoms with E-state index in [0.29, 0.717) is 6.42 Å². The van der Waals surface area contributed by atoms with Crippen molar-refractivity contribution in [1.29, 1.82) is 0 Å². The van der Waals surface area contributed by atoms with Gasteiger partial charge in [0.2, 0.25) is 0 Å². The summed E-state index contributed by atoms with van der Waals surface area (Å²) >= 11 is 0. The number of rotatable bonds is 2. The van der Waals surface area contributed by atoms with Gasteiger partial charge in [-0.25, -0.2) is 0 Å². The van der Waals surface area contributed by atoms with E-state index in [1.807, 2.05) is 0 Å². The number of piperidine rings is 2. The summed E-state index contributed by atoms with van der Waals surface area (Å²) in [7, 11) is 0. The van der Waals surface area contributed by atoms with Gasteiger partial charge in [-0.2, -0.15) is 0 Å². The third-order valence-corrected chi connectivity index (χ3v) is 9.94. The van der Waals surface area contributed by atoms with Crippen LogP contribution in [0.5, 0.6) is 0 Å². The van der Waals surface area contributed by atoms with Crippen molar-refractivity contribution in [3.05, 3.63) is 23.5 Å². The fourth-order valence-electron chi connectivity index (χ4n) is 8.84. The Balaban J connectivity index is 1.77. The monoisotopic (exact) mass is 514 g/mol. The van der Waals surface area contributed by atoms with Gasteiger partial charge >= 0.3 is 0 Å². The molecule has 1 spiro atoms. The quantitative estimate of drug-likeness (QED) is 0.426. The van der Waals surface area contributed by atoms with Crippen molar-refractivity contribution in [3.8, 4) is 0 Å². The van der Waals surface area contributed by atoms with Crippen molar-refractivity contribution in [2.24, 2.45) is 17.6 Å². The molecule has 0 aromatic rings. The van der Waals surface area contributed by atoms with Crippen molar-refractivity contribution in [3.63, 3.8) is 0 Å². The minimum absolute atomic E-state index is 0.0403. The van der Waals surface area contributed by atoms with Gasteiger partial charge in [0.1, 0.15) is 5.76 Å². The van der Waals surface area contributed by atoms with Gasteiger partial charge in [-0.15, -0.1) is 0 Å². The molecule has 5 N–H and O–H groups in total. The Bertz CT molecular complexity index is 1020. The molecular formula is C31H54N4O2. The number of hydrogen-bond acceptors (Lipinski definition) is 6. The highest BCUT2D eigenvalue weighted by Gasteiger charge is 2.66. The number of Topliss-reactive ketones (excluding diaryl/α,β-unsaturated/α-hetero) is 1. The number of hydrogen-bond donors (Lipinski definition) is 4. The first-order valence-corrected chi connectivity index (χ1v) is 14.3. The minimum Gasteiger partial charge on any atom is -0.477 e. The fraction of sp³-hybridized carbons (Fsp3) is 0.839. The summed E-state index contributed by atoms with van der Waals surface area (Å²) in [6, 6.07) is -0.272. The summed E-state index contributed by atoms with van der Waals surface area (Å²) in [6.45, 7) is 30.6. The summed E-state index contributed by atoms with van der Waals surface area (Å²) in [5, 5.41) is 11.4. The molecule has 3 atom stereocenters. The molecule has 0 amide bonds. The van der Waals surface area contributed by atoms with Crippen LogP contribution in [0, 0.1) is 11.8 Å². The van der Waals surface area contributed by atoms with E-state index < -0.39 is 16.7 Å². The standard InChI is InChI=1S/C31H54N4O2/c1-18-23-20(28(8,9)34-27(18,6)7)14-15-31(37-23)24(36)21(29(10,11)35-30(31,12)13)22(32)19-16-25(2,3)33-26(4,5)17-19/h19,21-22,33-35H,1,14-17,32H2,2-13H3. The van der Waals surface area contributed by atoms with E-state index in [1.165, 1.54) is 5.57 Å². The third-order valence-electron chi connectivity index (χ3n) is 9.94. The lowest BCUT2D eigenvalue weighted by molar-refractivity contribution is -0.175. The number of ketones is 1. The molecule has 4 heterocycles. The second-order valence-corrected chi connectivity index (χ2v) is 16.0. The molecule has 210 valence electrons. The zero-order valence-corrected chi connectivity index (χ0v) is 25.7.